The monoisotopic (exact) mass is 212 g/mol. The maximum absolute atomic E-state index is 13.4. The van der Waals surface area contributed by atoms with Crippen molar-refractivity contribution in [1.29, 1.82) is 0 Å². The third-order valence-corrected chi connectivity index (χ3v) is 2.82. The lowest BCUT2D eigenvalue weighted by Crippen LogP contribution is -1.99. The van der Waals surface area contributed by atoms with Crippen molar-refractivity contribution in [2.45, 2.75) is 30.9 Å². The predicted octanol–water partition coefficient (Wildman–Crippen LogP) is 3.53. The molecular weight excluding hydrogens is 199 g/mol. The molecule has 0 atom stereocenters. The molecule has 0 aromatic heterocycles. The van der Waals surface area contributed by atoms with Crippen molar-refractivity contribution in [1.82, 2.24) is 0 Å². The minimum absolute atomic E-state index is 0.0901. The number of hydrogen-bond acceptors (Lipinski definition) is 2. The summed E-state index contributed by atoms with van der Waals surface area (Å²) in [6, 6.07) is 4.61. The first-order chi connectivity index (χ1) is 6.52. The van der Waals surface area contributed by atoms with Crippen molar-refractivity contribution in [2.75, 3.05) is 0 Å². The minimum atomic E-state index is -0.309. The van der Waals surface area contributed by atoms with Gasteiger partial charge in [0.1, 0.15) is 5.82 Å². The normalized spacial score (nSPS) is 10.6. The molecule has 0 aliphatic rings. The number of rotatable bonds is 3. The summed E-state index contributed by atoms with van der Waals surface area (Å²) < 4.78 is 13.4. The summed E-state index contributed by atoms with van der Waals surface area (Å²) in [5.74, 6) is -0.399. The second-order valence-corrected chi connectivity index (χ2v) is 4.93. The summed E-state index contributed by atoms with van der Waals surface area (Å²) in [5.41, 5.74) is 0.476. The lowest BCUT2D eigenvalue weighted by atomic mass is 10.1. The lowest BCUT2D eigenvalue weighted by molar-refractivity contribution is 0.101. The van der Waals surface area contributed by atoms with Gasteiger partial charge in [-0.2, -0.15) is 0 Å². The SMILES string of the molecule is CC(=O)c1cccc(F)c1SC(C)C. The second-order valence-electron chi connectivity index (χ2n) is 3.34. The molecule has 0 fully saturated rings. The summed E-state index contributed by atoms with van der Waals surface area (Å²) in [4.78, 5) is 11.7. The van der Waals surface area contributed by atoms with E-state index in [4.69, 9.17) is 0 Å². The van der Waals surface area contributed by atoms with E-state index in [1.54, 1.807) is 12.1 Å². The van der Waals surface area contributed by atoms with Crippen LogP contribution in [-0.2, 0) is 0 Å². The topological polar surface area (TPSA) is 17.1 Å². The standard InChI is InChI=1S/C11H13FOS/c1-7(2)14-11-9(8(3)13)5-4-6-10(11)12/h4-7H,1-3H3. The zero-order chi connectivity index (χ0) is 10.7. The van der Waals surface area contributed by atoms with E-state index in [0.717, 1.165) is 0 Å². The van der Waals surface area contributed by atoms with Crippen molar-refractivity contribution in [3.63, 3.8) is 0 Å². The van der Waals surface area contributed by atoms with E-state index >= 15 is 0 Å². The van der Waals surface area contributed by atoms with E-state index < -0.39 is 0 Å². The van der Waals surface area contributed by atoms with Gasteiger partial charge in [0.25, 0.3) is 0 Å². The van der Waals surface area contributed by atoms with E-state index in [1.165, 1.54) is 24.8 Å². The van der Waals surface area contributed by atoms with Crippen LogP contribution in [-0.4, -0.2) is 11.0 Å². The van der Waals surface area contributed by atoms with Crippen molar-refractivity contribution in [3.8, 4) is 0 Å². The van der Waals surface area contributed by atoms with E-state index in [9.17, 15) is 9.18 Å². The Balaban J connectivity index is 3.15. The Morgan fingerprint density at radius 1 is 1.43 bits per heavy atom. The van der Waals surface area contributed by atoms with E-state index in [0.29, 0.717) is 10.5 Å². The summed E-state index contributed by atoms with van der Waals surface area (Å²) in [7, 11) is 0. The molecule has 76 valence electrons. The summed E-state index contributed by atoms with van der Waals surface area (Å²) in [6.07, 6.45) is 0. The fraction of sp³-hybridized carbons (Fsp3) is 0.364. The summed E-state index contributed by atoms with van der Waals surface area (Å²) in [6.45, 7) is 5.40. The van der Waals surface area contributed by atoms with Gasteiger partial charge in [-0.25, -0.2) is 4.39 Å². The van der Waals surface area contributed by atoms with Gasteiger partial charge in [0.05, 0.1) is 4.90 Å². The van der Waals surface area contributed by atoms with Gasteiger partial charge in [-0.15, -0.1) is 11.8 Å². The molecule has 1 rings (SSSR count). The van der Waals surface area contributed by atoms with Crippen LogP contribution in [0, 0.1) is 5.82 Å². The van der Waals surface area contributed by atoms with Crippen LogP contribution in [0.4, 0.5) is 4.39 Å². The highest BCUT2D eigenvalue weighted by atomic mass is 32.2. The molecule has 0 saturated heterocycles. The summed E-state index contributed by atoms with van der Waals surface area (Å²) in [5, 5.41) is 0.269. The Kier molecular flexibility index (Phi) is 3.69. The van der Waals surface area contributed by atoms with E-state index in [-0.39, 0.29) is 16.9 Å². The van der Waals surface area contributed by atoms with Crippen LogP contribution >= 0.6 is 11.8 Å². The van der Waals surface area contributed by atoms with Crippen LogP contribution < -0.4 is 0 Å². The van der Waals surface area contributed by atoms with Gasteiger partial charge in [-0.1, -0.05) is 26.0 Å². The lowest BCUT2D eigenvalue weighted by Gasteiger charge is -2.09. The van der Waals surface area contributed by atoms with Crippen molar-refractivity contribution in [2.24, 2.45) is 0 Å². The Bertz CT molecular complexity index is 347. The first-order valence-electron chi connectivity index (χ1n) is 4.48. The zero-order valence-electron chi connectivity index (χ0n) is 8.50. The Morgan fingerprint density at radius 3 is 2.57 bits per heavy atom. The molecule has 0 saturated carbocycles. The Labute approximate surface area is 87.7 Å². The molecular formula is C11H13FOS. The molecule has 0 amide bonds. The van der Waals surface area contributed by atoms with Crippen LogP contribution in [0.3, 0.4) is 0 Å². The first-order valence-corrected chi connectivity index (χ1v) is 5.36. The molecule has 0 aliphatic heterocycles. The highest BCUT2D eigenvalue weighted by molar-refractivity contribution is 8.00. The first kappa shape index (κ1) is 11.2. The van der Waals surface area contributed by atoms with Crippen molar-refractivity contribution < 1.29 is 9.18 Å². The Hall–Kier alpha value is -0.830. The third-order valence-electron chi connectivity index (χ3n) is 1.70. The maximum Gasteiger partial charge on any atom is 0.161 e. The molecule has 3 heteroatoms. The molecule has 0 N–H and O–H groups in total. The molecule has 1 aromatic rings. The van der Waals surface area contributed by atoms with Gasteiger partial charge >= 0.3 is 0 Å². The average Bonchev–Trinajstić information content (AvgIpc) is 2.07. The number of thioether (sulfide) groups is 1. The Morgan fingerprint density at radius 2 is 2.07 bits per heavy atom. The van der Waals surface area contributed by atoms with Crippen LogP contribution in [0.2, 0.25) is 0 Å². The molecule has 1 aromatic carbocycles. The minimum Gasteiger partial charge on any atom is -0.294 e. The molecule has 0 aliphatic carbocycles. The van der Waals surface area contributed by atoms with Crippen LogP contribution in [0.25, 0.3) is 0 Å². The van der Waals surface area contributed by atoms with Crippen LogP contribution in [0.1, 0.15) is 31.1 Å². The zero-order valence-corrected chi connectivity index (χ0v) is 9.32. The fourth-order valence-electron chi connectivity index (χ4n) is 1.14. The molecule has 14 heavy (non-hydrogen) atoms. The number of Topliss-reactive ketones (excluding diaryl/α,β-unsaturated/α-hetero) is 1. The average molecular weight is 212 g/mol. The molecule has 0 unspecified atom stereocenters. The quantitative estimate of drug-likeness (QED) is 0.563. The third kappa shape index (κ3) is 2.58. The van der Waals surface area contributed by atoms with E-state index in [2.05, 4.69) is 0 Å². The number of carbonyl (C=O) groups excluding carboxylic acids is 1. The van der Waals surface area contributed by atoms with Gasteiger partial charge < -0.3 is 0 Å². The molecule has 0 spiro atoms. The second kappa shape index (κ2) is 4.60. The molecule has 0 bridgehead atoms. The number of halogens is 1. The fourth-order valence-corrected chi connectivity index (χ4v) is 2.13. The van der Waals surface area contributed by atoms with Gasteiger partial charge in [-0.05, 0) is 13.0 Å². The van der Waals surface area contributed by atoms with Gasteiger partial charge in [-0.3, -0.25) is 4.79 Å². The smallest absolute Gasteiger partial charge is 0.161 e. The predicted molar refractivity (Wildman–Crippen MR) is 57.4 cm³/mol. The van der Waals surface area contributed by atoms with E-state index in [1.807, 2.05) is 13.8 Å². The summed E-state index contributed by atoms with van der Waals surface area (Å²) >= 11 is 1.38. The van der Waals surface area contributed by atoms with Crippen LogP contribution in [0.5, 0.6) is 0 Å². The maximum atomic E-state index is 13.4. The number of ketones is 1. The molecule has 0 radical (unpaired) electrons. The number of benzene rings is 1. The highest BCUT2D eigenvalue weighted by Gasteiger charge is 2.13. The number of carbonyl (C=O) groups is 1. The van der Waals surface area contributed by atoms with Crippen LogP contribution in [0.15, 0.2) is 23.1 Å². The highest BCUT2D eigenvalue weighted by Crippen LogP contribution is 2.29. The number of hydrogen-bond donors (Lipinski definition) is 0. The van der Waals surface area contributed by atoms with Gasteiger partial charge in [0, 0.05) is 10.8 Å². The van der Waals surface area contributed by atoms with Crippen molar-refractivity contribution >= 4 is 17.5 Å². The van der Waals surface area contributed by atoms with Gasteiger partial charge in [0.2, 0.25) is 0 Å². The molecule has 1 nitrogen and oxygen atoms in total. The van der Waals surface area contributed by atoms with Gasteiger partial charge in [0.15, 0.2) is 5.78 Å². The molecule has 0 heterocycles. The van der Waals surface area contributed by atoms with Crippen molar-refractivity contribution in [3.05, 3.63) is 29.6 Å². The largest absolute Gasteiger partial charge is 0.294 e.